The van der Waals surface area contributed by atoms with Crippen molar-refractivity contribution in [1.82, 2.24) is 14.3 Å². The topological polar surface area (TPSA) is 122 Å². The third-order valence-electron chi connectivity index (χ3n) is 7.28. The lowest BCUT2D eigenvalue weighted by atomic mass is 10.1. The van der Waals surface area contributed by atoms with E-state index in [-0.39, 0.29) is 28.2 Å². The van der Waals surface area contributed by atoms with Crippen molar-refractivity contribution in [1.29, 1.82) is 0 Å². The van der Waals surface area contributed by atoms with Gasteiger partial charge in [0.15, 0.2) is 0 Å². The van der Waals surface area contributed by atoms with Crippen molar-refractivity contribution < 1.29 is 26.4 Å². The first-order valence-corrected chi connectivity index (χ1v) is 17.8. The highest BCUT2D eigenvalue weighted by molar-refractivity contribution is 7.89. The summed E-state index contributed by atoms with van der Waals surface area (Å²) >= 11 is 0. The molecule has 3 aromatic carbocycles. The summed E-state index contributed by atoms with van der Waals surface area (Å²) in [5, 5.41) is 2.87. The van der Waals surface area contributed by atoms with Crippen LogP contribution in [0.3, 0.4) is 0 Å². The van der Waals surface area contributed by atoms with Gasteiger partial charge in [-0.05, 0) is 81.0 Å². The minimum Gasteiger partial charge on any atom is -0.497 e. The van der Waals surface area contributed by atoms with Crippen molar-refractivity contribution in [3.05, 3.63) is 90.0 Å². The van der Waals surface area contributed by atoms with Crippen LogP contribution in [-0.4, -0.2) is 59.3 Å². The summed E-state index contributed by atoms with van der Waals surface area (Å²) in [6.45, 7) is 8.56. The fourth-order valence-corrected chi connectivity index (χ4v) is 7.83. The lowest BCUT2D eigenvalue weighted by molar-refractivity contribution is -0.122. The molecule has 0 aliphatic rings. The molecular weight excluding hydrogens is 599 g/mol. The van der Waals surface area contributed by atoms with Gasteiger partial charge in [-0.15, -0.1) is 0 Å². The lowest BCUT2D eigenvalue weighted by Gasteiger charge is -2.30. The van der Waals surface area contributed by atoms with Crippen molar-refractivity contribution in [2.45, 2.75) is 75.3 Å². The van der Waals surface area contributed by atoms with Crippen molar-refractivity contribution in [2.24, 2.45) is 5.92 Å². The highest BCUT2D eigenvalue weighted by Crippen LogP contribution is 2.23. The summed E-state index contributed by atoms with van der Waals surface area (Å²) in [7, 11) is -6.15. The zero-order chi connectivity index (χ0) is 32.3. The van der Waals surface area contributed by atoms with Crippen LogP contribution in [0.2, 0.25) is 0 Å². The number of hydrogen-bond acceptors (Lipinski definition) is 6. The second-order valence-electron chi connectivity index (χ2n) is 11.5. The Morgan fingerprint density at radius 2 is 1.45 bits per heavy atom. The fourth-order valence-electron chi connectivity index (χ4n) is 4.81. The van der Waals surface area contributed by atoms with E-state index in [2.05, 4.69) is 10.0 Å². The minimum atomic E-state index is -3.98. The smallest absolute Gasteiger partial charge is 0.243 e. The third kappa shape index (κ3) is 10.2. The molecule has 0 unspecified atom stereocenters. The van der Waals surface area contributed by atoms with Gasteiger partial charge in [-0.1, -0.05) is 68.3 Å². The number of benzene rings is 3. The Hall–Kier alpha value is -3.25. The minimum absolute atomic E-state index is 0.0321. The van der Waals surface area contributed by atoms with E-state index < -0.39 is 32.0 Å². The monoisotopic (exact) mass is 643 g/mol. The van der Waals surface area contributed by atoms with Crippen molar-refractivity contribution in [2.75, 3.05) is 20.2 Å². The maximum absolute atomic E-state index is 13.5. The van der Waals surface area contributed by atoms with Gasteiger partial charge >= 0.3 is 0 Å². The van der Waals surface area contributed by atoms with E-state index in [4.69, 9.17) is 4.74 Å². The number of hydrogen-bond donors (Lipinski definition) is 2. The molecule has 0 aliphatic carbocycles. The standard InChI is InChI=1S/C33H45N3O6S2/c1-25(2)24-36(44(40,41)31-18-14-26(3)15-19-31)27(4)11-9-10-22-34-33(37)32(23-28-12-7-6-8-13-28)35-43(38,39)30-20-16-29(42-5)17-21-30/h6-8,12-21,25,27,32,35H,9-11,22-24H2,1-5H3,(H,34,37)/t27-,32+/m1/s1. The summed E-state index contributed by atoms with van der Waals surface area (Å²) in [6, 6.07) is 20.8. The first-order chi connectivity index (χ1) is 20.8. The number of unbranched alkanes of at least 4 members (excludes halogenated alkanes) is 1. The third-order valence-corrected chi connectivity index (χ3v) is 10.8. The van der Waals surface area contributed by atoms with E-state index in [9.17, 15) is 21.6 Å². The highest BCUT2D eigenvalue weighted by atomic mass is 32.2. The van der Waals surface area contributed by atoms with E-state index in [0.717, 1.165) is 11.1 Å². The number of carbonyl (C=O) groups excluding carboxylic acids is 1. The summed E-state index contributed by atoms with van der Waals surface area (Å²) in [5.41, 5.74) is 1.81. The van der Waals surface area contributed by atoms with Crippen LogP contribution in [0.1, 0.15) is 51.2 Å². The quantitative estimate of drug-likeness (QED) is 0.202. The van der Waals surface area contributed by atoms with Crippen LogP contribution >= 0.6 is 0 Å². The van der Waals surface area contributed by atoms with Gasteiger partial charge in [-0.2, -0.15) is 9.03 Å². The number of rotatable bonds is 17. The Morgan fingerprint density at radius 1 is 0.841 bits per heavy atom. The van der Waals surface area contributed by atoms with Crippen LogP contribution in [0, 0.1) is 12.8 Å². The van der Waals surface area contributed by atoms with Crippen LogP contribution in [0.4, 0.5) is 0 Å². The molecule has 3 aromatic rings. The molecule has 0 spiro atoms. The van der Waals surface area contributed by atoms with Gasteiger partial charge in [0.05, 0.1) is 16.9 Å². The first kappa shape index (κ1) is 35.2. The molecule has 11 heteroatoms. The molecule has 2 N–H and O–H groups in total. The molecular formula is C33H45N3O6S2. The van der Waals surface area contributed by atoms with Crippen LogP contribution < -0.4 is 14.8 Å². The molecule has 2 atom stereocenters. The molecule has 0 aromatic heterocycles. The number of aryl methyl sites for hydroxylation is 1. The zero-order valence-electron chi connectivity index (χ0n) is 26.2. The van der Waals surface area contributed by atoms with Gasteiger partial charge in [0, 0.05) is 19.1 Å². The molecule has 44 heavy (non-hydrogen) atoms. The lowest BCUT2D eigenvalue weighted by Crippen LogP contribution is -2.48. The van der Waals surface area contributed by atoms with E-state index in [1.54, 1.807) is 40.7 Å². The maximum Gasteiger partial charge on any atom is 0.243 e. The van der Waals surface area contributed by atoms with Gasteiger partial charge in [-0.3, -0.25) is 4.79 Å². The van der Waals surface area contributed by atoms with Gasteiger partial charge in [-0.25, -0.2) is 16.8 Å². The maximum atomic E-state index is 13.5. The molecule has 0 aliphatic heterocycles. The Morgan fingerprint density at radius 3 is 2.05 bits per heavy atom. The molecule has 0 saturated heterocycles. The van der Waals surface area contributed by atoms with E-state index in [0.29, 0.717) is 38.1 Å². The van der Waals surface area contributed by atoms with Crippen LogP contribution in [0.5, 0.6) is 5.75 Å². The average molecular weight is 644 g/mol. The van der Waals surface area contributed by atoms with Gasteiger partial charge in [0.1, 0.15) is 11.8 Å². The van der Waals surface area contributed by atoms with E-state index >= 15 is 0 Å². The van der Waals surface area contributed by atoms with Crippen molar-refractivity contribution in [3.63, 3.8) is 0 Å². The number of sulfonamides is 2. The molecule has 0 saturated carbocycles. The molecule has 0 radical (unpaired) electrons. The molecule has 9 nitrogen and oxygen atoms in total. The largest absolute Gasteiger partial charge is 0.497 e. The number of amides is 1. The molecule has 1 amide bonds. The normalized spacial score (nSPS) is 13.5. The average Bonchev–Trinajstić information content (AvgIpc) is 2.99. The van der Waals surface area contributed by atoms with E-state index in [1.165, 1.54) is 19.2 Å². The van der Waals surface area contributed by atoms with Crippen molar-refractivity contribution >= 4 is 26.0 Å². The summed E-state index contributed by atoms with van der Waals surface area (Å²) < 4.78 is 62.5. The number of nitrogens with one attached hydrogen (secondary N) is 2. The fraction of sp³-hybridized carbons (Fsp3) is 0.424. The van der Waals surface area contributed by atoms with Crippen molar-refractivity contribution in [3.8, 4) is 5.75 Å². The Bertz CT molecular complexity index is 1540. The molecule has 240 valence electrons. The number of methoxy groups -OCH3 is 1. The molecule has 3 rings (SSSR count). The second-order valence-corrected chi connectivity index (χ2v) is 15.1. The van der Waals surface area contributed by atoms with E-state index in [1.807, 2.05) is 58.0 Å². The Balaban J connectivity index is 1.61. The molecule has 0 bridgehead atoms. The molecule has 0 heterocycles. The Kier molecular flexibility index (Phi) is 12.9. The predicted molar refractivity (Wildman–Crippen MR) is 173 cm³/mol. The predicted octanol–water partition coefficient (Wildman–Crippen LogP) is 4.92. The second kappa shape index (κ2) is 16.2. The summed E-state index contributed by atoms with van der Waals surface area (Å²) in [6.07, 6.45) is 2.09. The summed E-state index contributed by atoms with van der Waals surface area (Å²) in [5.74, 6) is 0.250. The Labute approximate surface area is 263 Å². The zero-order valence-corrected chi connectivity index (χ0v) is 27.8. The SMILES string of the molecule is COc1ccc(S(=O)(=O)N[C@@H](Cc2ccccc2)C(=O)NCCCC[C@@H](C)N(CC(C)C)S(=O)(=O)c2ccc(C)cc2)cc1. The number of ether oxygens (including phenoxy) is 1. The van der Waals surface area contributed by atoms with Crippen LogP contribution in [-0.2, 0) is 31.3 Å². The number of carbonyl (C=O) groups is 1. The van der Waals surface area contributed by atoms with Crippen LogP contribution in [0.15, 0.2) is 88.7 Å². The highest BCUT2D eigenvalue weighted by Gasteiger charge is 2.30. The summed E-state index contributed by atoms with van der Waals surface area (Å²) in [4.78, 5) is 13.6. The van der Waals surface area contributed by atoms with Gasteiger partial charge < -0.3 is 10.1 Å². The van der Waals surface area contributed by atoms with Gasteiger partial charge in [0.2, 0.25) is 26.0 Å². The molecule has 0 fully saturated rings. The van der Waals surface area contributed by atoms with Gasteiger partial charge in [0.25, 0.3) is 0 Å². The first-order valence-electron chi connectivity index (χ1n) is 14.9. The number of nitrogens with zero attached hydrogens (tertiary/aromatic N) is 1. The van der Waals surface area contributed by atoms with Crippen LogP contribution in [0.25, 0.3) is 0 Å².